The number of carbonyl (C=O) groups is 1. The average Bonchev–Trinajstić information content (AvgIpc) is 3.38. The zero-order valence-corrected chi connectivity index (χ0v) is 17.0. The number of nitrogens with zero attached hydrogens (tertiary/aromatic N) is 2. The van der Waals surface area contributed by atoms with Gasteiger partial charge in [0.1, 0.15) is 16.4 Å². The molecule has 2 aromatic rings. The Morgan fingerprint density at radius 1 is 1.29 bits per heavy atom. The summed E-state index contributed by atoms with van der Waals surface area (Å²) in [6, 6.07) is 8.66. The predicted octanol–water partition coefficient (Wildman–Crippen LogP) is 2.14. The Morgan fingerprint density at radius 2 is 2.04 bits per heavy atom. The van der Waals surface area contributed by atoms with Crippen molar-refractivity contribution in [3.05, 3.63) is 42.4 Å². The fraction of sp³-hybridized carbons (Fsp3) is 0.421. The van der Waals surface area contributed by atoms with Crippen molar-refractivity contribution in [2.45, 2.75) is 30.3 Å². The lowest BCUT2D eigenvalue weighted by Crippen LogP contribution is -2.34. The maximum Gasteiger partial charge on any atom is 0.246 e. The van der Waals surface area contributed by atoms with Crippen LogP contribution < -0.4 is 10.1 Å². The zero-order valence-electron chi connectivity index (χ0n) is 16.2. The van der Waals surface area contributed by atoms with E-state index < -0.39 is 10.0 Å². The normalized spacial score (nSPS) is 14.5. The number of ether oxygens (including phenoxy) is 1. The molecule has 0 aliphatic heterocycles. The van der Waals surface area contributed by atoms with E-state index in [1.165, 1.54) is 33.3 Å². The van der Waals surface area contributed by atoms with Crippen molar-refractivity contribution in [1.82, 2.24) is 9.21 Å². The molecule has 1 aromatic carbocycles. The van der Waals surface area contributed by atoms with Gasteiger partial charge < -0.3 is 14.5 Å². The Hall–Kier alpha value is -2.36. The summed E-state index contributed by atoms with van der Waals surface area (Å²) < 4.78 is 36.7. The van der Waals surface area contributed by atoms with E-state index in [1.807, 2.05) is 12.1 Å². The number of amides is 1. The highest BCUT2D eigenvalue weighted by atomic mass is 32.2. The topological polar surface area (TPSA) is 92.1 Å². The Morgan fingerprint density at radius 3 is 2.61 bits per heavy atom. The van der Waals surface area contributed by atoms with Gasteiger partial charge in [-0.25, -0.2) is 12.7 Å². The van der Waals surface area contributed by atoms with Crippen LogP contribution in [0.2, 0.25) is 0 Å². The van der Waals surface area contributed by atoms with E-state index in [0.29, 0.717) is 18.3 Å². The van der Waals surface area contributed by atoms with Crippen molar-refractivity contribution < 1.29 is 22.4 Å². The van der Waals surface area contributed by atoms with Gasteiger partial charge in [0.15, 0.2) is 0 Å². The summed E-state index contributed by atoms with van der Waals surface area (Å²) in [5.74, 6) is 0.824. The molecule has 0 bridgehead atoms. The first kappa shape index (κ1) is 20.4. The molecule has 0 spiro atoms. The van der Waals surface area contributed by atoms with Crippen molar-refractivity contribution in [2.24, 2.45) is 0 Å². The lowest BCUT2D eigenvalue weighted by atomic mass is 10.3. The Bertz CT molecular complexity index is 921. The van der Waals surface area contributed by atoms with Gasteiger partial charge in [-0.05, 0) is 43.2 Å². The second-order valence-electron chi connectivity index (χ2n) is 6.92. The summed E-state index contributed by atoms with van der Waals surface area (Å²) in [6.45, 7) is 0.765. The fourth-order valence-corrected chi connectivity index (χ4v) is 3.97. The van der Waals surface area contributed by atoms with Crippen LogP contribution in [0.5, 0.6) is 5.75 Å². The van der Waals surface area contributed by atoms with E-state index in [2.05, 4.69) is 10.2 Å². The third kappa shape index (κ3) is 4.73. The largest absolute Gasteiger partial charge is 0.495 e. The molecule has 1 amide bonds. The minimum absolute atomic E-state index is 0.00688. The number of benzene rings is 1. The lowest BCUT2D eigenvalue weighted by molar-refractivity contribution is -0.117. The molecular formula is C19H25N3O5S. The van der Waals surface area contributed by atoms with Crippen LogP contribution in [0.25, 0.3) is 0 Å². The van der Waals surface area contributed by atoms with Gasteiger partial charge in [-0.1, -0.05) is 0 Å². The van der Waals surface area contributed by atoms with Gasteiger partial charge in [-0.2, -0.15) is 0 Å². The number of hydrogen-bond donors (Lipinski definition) is 1. The molecule has 1 aromatic heterocycles. The highest BCUT2D eigenvalue weighted by Crippen LogP contribution is 2.30. The number of sulfonamides is 1. The van der Waals surface area contributed by atoms with Crippen LogP contribution in [0.3, 0.4) is 0 Å². The molecule has 1 heterocycles. The Kier molecular flexibility index (Phi) is 6.07. The monoisotopic (exact) mass is 407 g/mol. The van der Waals surface area contributed by atoms with Crippen molar-refractivity contribution in [2.75, 3.05) is 33.1 Å². The van der Waals surface area contributed by atoms with Crippen molar-refractivity contribution in [3.8, 4) is 5.75 Å². The number of anilines is 1. The maximum absolute atomic E-state index is 12.6. The molecule has 3 rings (SSSR count). The van der Waals surface area contributed by atoms with Gasteiger partial charge in [-0.3, -0.25) is 9.69 Å². The SMILES string of the molecule is COc1ccc(NC(=O)CN(Cc2ccco2)C2CC2)cc1S(=O)(=O)N(C)C. The average molecular weight is 407 g/mol. The van der Waals surface area contributed by atoms with Crippen LogP contribution in [0.1, 0.15) is 18.6 Å². The van der Waals surface area contributed by atoms with Gasteiger partial charge in [0, 0.05) is 25.8 Å². The molecule has 1 N–H and O–H groups in total. The second-order valence-corrected chi connectivity index (χ2v) is 9.04. The van der Waals surface area contributed by atoms with E-state index >= 15 is 0 Å². The van der Waals surface area contributed by atoms with E-state index in [-0.39, 0.29) is 23.1 Å². The molecule has 9 heteroatoms. The Labute approximate surface area is 165 Å². The highest BCUT2D eigenvalue weighted by molar-refractivity contribution is 7.89. The minimum atomic E-state index is -3.70. The molecule has 152 valence electrons. The summed E-state index contributed by atoms with van der Waals surface area (Å²) >= 11 is 0. The predicted molar refractivity (Wildman–Crippen MR) is 105 cm³/mol. The number of hydrogen-bond acceptors (Lipinski definition) is 6. The standard InChI is InChI=1S/C19H25N3O5S/c1-21(2)28(24,25)18-11-14(6-9-17(18)26-3)20-19(23)13-22(15-7-8-15)12-16-5-4-10-27-16/h4-6,9-11,15H,7-8,12-13H2,1-3H3,(H,20,23). The summed E-state index contributed by atoms with van der Waals surface area (Å²) in [5, 5.41) is 2.79. The number of methoxy groups -OCH3 is 1. The number of furan rings is 1. The molecule has 1 aliphatic carbocycles. The van der Waals surface area contributed by atoms with Crippen molar-refractivity contribution >= 4 is 21.6 Å². The van der Waals surface area contributed by atoms with Crippen molar-refractivity contribution in [3.63, 3.8) is 0 Å². The van der Waals surface area contributed by atoms with E-state index in [0.717, 1.165) is 22.9 Å². The zero-order chi connectivity index (χ0) is 20.3. The van der Waals surface area contributed by atoms with E-state index in [4.69, 9.17) is 9.15 Å². The van der Waals surface area contributed by atoms with Crippen LogP contribution in [0.4, 0.5) is 5.69 Å². The molecule has 1 saturated carbocycles. The second kappa shape index (κ2) is 8.34. The molecule has 1 fully saturated rings. The summed E-state index contributed by atoms with van der Waals surface area (Å²) in [5.41, 5.74) is 0.403. The number of nitrogens with one attached hydrogen (secondary N) is 1. The molecule has 28 heavy (non-hydrogen) atoms. The van der Waals surface area contributed by atoms with E-state index in [9.17, 15) is 13.2 Å². The third-order valence-electron chi connectivity index (χ3n) is 4.56. The van der Waals surface area contributed by atoms with Crippen LogP contribution in [-0.4, -0.2) is 57.3 Å². The number of rotatable bonds is 9. The molecule has 0 unspecified atom stereocenters. The van der Waals surface area contributed by atoms with Gasteiger partial charge in [-0.15, -0.1) is 0 Å². The highest BCUT2D eigenvalue weighted by Gasteiger charge is 2.31. The molecule has 0 atom stereocenters. The van der Waals surface area contributed by atoms with Crippen molar-refractivity contribution in [1.29, 1.82) is 0 Å². The maximum atomic E-state index is 12.6. The minimum Gasteiger partial charge on any atom is -0.495 e. The number of carbonyl (C=O) groups excluding carboxylic acids is 1. The summed E-state index contributed by atoms with van der Waals surface area (Å²) in [7, 11) is 0.596. The summed E-state index contributed by atoms with van der Waals surface area (Å²) in [6.07, 6.45) is 3.73. The quantitative estimate of drug-likeness (QED) is 0.685. The van der Waals surface area contributed by atoms with E-state index in [1.54, 1.807) is 12.3 Å². The van der Waals surface area contributed by atoms with Gasteiger partial charge >= 0.3 is 0 Å². The Balaban J connectivity index is 1.72. The first-order valence-corrected chi connectivity index (χ1v) is 10.4. The molecule has 8 nitrogen and oxygen atoms in total. The lowest BCUT2D eigenvalue weighted by Gasteiger charge is -2.20. The molecule has 1 aliphatic rings. The van der Waals surface area contributed by atoms with Crippen LogP contribution in [-0.2, 0) is 21.4 Å². The smallest absolute Gasteiger partial charge is 0.246 e. The molecular weight excluding hydrogens is 382 g/mol. The summed E-state index contributed by atoms with van der Waals surface area (Å²) in [4.78, 5) is 14.6. The van der Waals surface area contributed by atoms with Crippen LogP contribution >= 0.6 is 0 Å². The first-order chi connectivity index (χ1) is 13.3. The van der Waals surface area contributed by atoms with Gasteiger partial charge in [0.05, 0.1) is 26.5 Å². The molecule has 0 radical (unpaired) electrons. The third-order valence-corrected chi connectivity index (χ3v) is 6.39. The molecule has 0 saturated heterocycles. The van der Waals surface area contributed by atoms with Gasteiger partial charge in [0.25, 0.3) is 0 Å². The van der Waals surface area contributed by atoms with Crippen LogP contribution in [0.15, 0.2) is 45.9 Å². The van der Waals surface area contributed by atoms with Crippen LogP contribution in [0, 0.1) is 0 Å². The first-order valence-electron chi connectivity index (χ1n) is 8.98. The fourth-order valence-electron chi connectivity index (χ4n) is 2.89. The van der Waals surface area contributed by atoms with Gasteiger partial charge in [0.2, 0.25) is 15.9 Å².